The molecule has 0 aliphatic heterocycles. The van der Waals surface area contributed by atoms with Crippen molar-refractivity contribution in [1.29, 1.82) is 0 Å². The second-order valence-electron chi connectivity index (χ2n) is 6.00. The molecule has 2 heterocycles. The first-order valence-electron chi connectivity index (χ1n) is 8.51. The zero-order valence-corrected chi connectivity index (χ0v) is 15.3. The maximum atomic E-state index is 12.7. The fourth-order valence-corrected chi connectivity index (χ4v) is 2.78. The van der Waals surface area contributed by atoms with E-state index in [-0.39, 0.29) is 5.91 Å². The van der Waals surface area contributed by atoms with Gasteiger partial charge in [-0.25, -0.2) is 4.98 Å². The summed E-state index contributed by atoms with van der Waals surface area (Å²) in [4.78, 5) is 21.1. The molecule has 0 aliphatic carbocycles. The highest BCUT2D eigenvalue weighted by molar-refractivity contribution is 6.05. The van der Waals surface area contributed by atoms with Gasteiger partial charge in [-0.15, -0.1) is 0 Å². The van der Waals surface area contributed by atoms with Crippen LogP contribution in [0.5, 0.6) is 11.5 Å². The number of fused-ring (bicyclic) bond motifs is 1. The zero-order valence-electron chi connectivity index (χ0n) is 15.3. The van der Waals surface area contributed by atoms with Crippen molar-refractivity contribution in [2.75, 3.05) is 19.5 Å². The van der Waals surface area contributed by atoms with E-state index >= 15 is 0 Å². The van der Waals surface area contributed by atoms with Crippen molar-refractivity contribution in [1.82, 2.24) is 9.97 Å². The van der Waals surface area contributed by atoms with Crippen molar-refractivity contribution < 1.29 is 18.7 Å². The first-order valence-corrected chi connectivity index (χ1v) is 8.51. The summed E-state index contributed by atoms with van der Waals surface area (Å²) in [5.41, 5.74) is 3.12. The van der Waals surface area contributed by atoms with E-state index in [9.17, 15) is 4.79 Å². The number of oxazole rings is 1. The summed E-state index contributed by atoms with van der Waals surface area (Å²) in [6.07, 6.45) is 3.29. The molecule has 0 fully saturated rings. The summed E-state index contributed by atoms with van der Waals surface area (Å²) >= 11 is 0. The number of amides is 1. The summed E-state index contributed by atoms with van der Waals surface area (Å²) in [6.45, 7) is 0. The number of aromatic nitrogens is 2. The number of nitrogens with zero attached hydrogens (tertiary/aromatic N) is 2. The van der Waals surface area contributed by atoms with Crippen LogP contribution in [0.4, 0.5) is 5.69 Å². The van der Waals surface area contributed by atoms with Gasteiger partial charge in [-0.2, -0.15) is 0 Å². The van der Waals surface area contributed by atoms with Gasteiger partial charge in [0, 0.05) is 35.1 Å². The Bertz CT molecular complexity index is 1100. The summed E-state index contributed by atoms with van der Waals surface area (Å²) < 4.78 is 16.2. The molecule has 0 saturated carbocycles. The van der Waals surface area contributed by atoms with Crippen molar-refractivity contribution in [3.63, 3.8) is 0 Å². The largest absolute Gasteiger partial charge is 0.497 e. The average molecular weight is 375 g/mol. The lowest BCUT2D eigenvalue weighted by atomic mass is 10.1. The number of carbonyl (C=O) groups excluding carboxylic acids is 1. The van der Waals surface area contributed by atoms with E-state index in [4.69, 9.17) is 13.9 Å². The molecule has 2 aromatic carbocycles. The van der Waals surface area contributed by atoms with Crippen LogP contribution in [0.25, 0.3) is 22.6 Å². The molecular formula is C21H17N3O4. The third-order valence-electron chi connectivity index (χ3n) is 4.17. The van der Waals surface area contributed by atoms with Crippen LogP contribution in [-0.4, -0.2) is 30.1 Å². The standard InChI is InChI=1S/C21H17N3O4/c1-26-16-9-14(10-17(11-16)27-2)20(25)23-15-5-3-4-13(8-15)21-24-18-12-22-7-6-19(18)28-21/h3-12H,1-2H3,(H,23,25). The number of rotatable bonds is 5. The smallest absolute Gasteiger partial charge is 0.255 e. The van der Waals surface area contributed by atoms with Gasteiger partial charge in [-0.1, -0.05) is 6.07 Å². The van der Waals surface area contributed by atoms with E-state index in [1.807, 2.05) is 12.1 Å². The zero-order chi connectivity index (χ0) is 19.5. The summed E-state index contributed by atoms with van der Waals surface area (Å²) in [5.74, 6) is 1.26. The molecular weight excluding hydrogens is 358 g/mol. The molecule has 7 nitrogen and oxygen atoms in total. The Balaban J connectivity index is 1.60. The SMILES string of the molecule is COc1cc(OC)cc(C(=O)Nc2cccc(-c3nc4cnccc4o3)c2)c1. The highest BCUT2D eigenvalue weighted by Gasteiger charge is 2.12. The third-order valence-corrected chi connectivity index (χ3v) is 4.17. The van der Waals surface area contributed by atoms with Crippen LogP contribution in [0.2, 0.25) is 0 Å². The van der Waals surface area contributed by atoms with Gasteiger partial charge in [0.15, 0.2) is 5.58 Å². The van der Waals surface area contributed by atoms with Gasteiger partial charge in [0.1, 0.15) is 17.0 Å². The molecule has 0 atom stereocenters. The normalized spacial score (nSPS) is 10.6. The van der Waals surface area contributed by atoms with E-state index < -0.39 is 0 Å². The molecule has 0 bridgehead atoms. The summed E-state index contributed by atoms with van der Waals surface area (Å²) in [6, 6.07) is 14.0. The van der Waals surface area contributed by atoms with Crippen molar-refractivity contribution in [3.8, 4) is 23.0 Å². The van der Waals surface area contributed by atoms with Gasteiger partial charge >= 0.3 is 0 Å². The molecule has 1 N–H and O–H groups in total. The Morgan fingerprint density at radius 1 is 1.04 bits per heavy atom. The molecule has 0 unspecified atom stereocenters. The Labute approximate surface area is 160 Å². The molecule has 7 heteroatoms. The van der Waals surface area contributed by atoms with E-state index in [1.54, 1.807) is 48.8 Å². The van der Waals surface area contributed by atoms with Crippen LogP contribution < -0.4 is 14.8 Å². The Morgan fingerprint density at radius 2 is 1.82 bits per heavy atom. The number of nitrogens with one attached hydrogen (secondary N) is 1. The van der Waals surface area contributed by atoms with Crippen LogP contribution in [-0.2, 0) is 0 Å². The number of carbonyl (C=O) groups is 1. The van der Waals surface area contributed by atoms with E-state index in [1.165, 1.54) is 14.2 Å². The van der Waals surface area contributed by atoms with Crippen LogP contribution in [0.1, 0.15) is 10.4 Å². The second kappa shape index (κ2) is 7.40. The Morgan fingerprint density at radius 3 is 2.54 bits per heavy atom. The average Bonchev–Trinajstić information content (AvgIpc) is 3.18. The lowest BCUT2D eigenvalue weighted by Gasteiger charge is -2.10. The Hall–Kier alpha value is -3.87. The summed E-state index contributed by atoms with van der Waals surface area (Å²) in [5, 5.41) is 2.87. The van der Waals surface area contributed by atoms with Crippen molar-refractivity contribution in [2.24, 2.45) is 0 Å². The predicted molar refractivity (Wildman–Crippen MR) is 105 cm³/mol. The maximum Gasteiger partial charge on any atom is 0.255 e. The molecule has 4 aromatic rings. The van der Waals surface area contributed by atoms with Crippen LogP contribution in [0.15, 0.2) is 65.3 Å². The van der Waals surface area contributed by atoms with Crippen LogP contribution in [0.3, 0.4) is 0 Å². The minimum absolute atomic E-state index is 0.281. The highest BCUT2D eigenvalue weighted by atomic mass is 16.5. The lowest BCUT2D eigenvalue weighted by molar-refractivity contribution is 0.102. The summed E-state index contributed by atoms with van der Waals surface area (Å²) in [7, 11) is 3.07. The second-order valence-corrected chi connectivity index (χ2v) is 6.00. The molecule has 0 spiro atoms. The molecule has 0 saturated heterocycles. The van der Waals surface area contributed by atoms with Crippen molar-refractivity contribution in [2.45, 2.75) is 0 Å². The van der Waals surface area contributed by atoms with Crippen LogP contribution in [0, 0.1) is 0 Å². The molecule has 140 valence electrons. The fraction of sp³-hybridized carbons (Fsp3) is 0.0952. The highest BCUT2D eigenvalue weighted by Crippen LogP contribution is 2.27. The predicted octanol–water partition coefficient (Wildman–Crippen LogP) is 4.16. The molecule has 4 rings (SSSR count). The number of pyridine rings is 1. The number of ether oxygens (including phenoxy) is 2. The van der Waals surface area contributed by atoms with Gasteiger partial charge < -0.3 is 19.2 Å². The van der Waals surface area contributed by atoms with E-state index in [2.05, 4.69) is 15.3 Å². The molecule has 0 aliphatic rings. The number of anilines is 1. The molecule has 2 aromatic heterocycles. The van der Waals surface area contributed by atoms with Gasteiger partial charge in [-0.3, -0.25) is 9.78 Å². The van der Waals surface area contributed by atoms with Crippen molar-refractivity contribution in [3.05, 3.63) is 66.5 Å². The number of hydrogen-bond donors (Lipinski definition) is 1. The molecule has 0 radical (unpaired) electrons. The minimum Gasteiger partial charge on any atom is -0.497 e. The molecule has 1 amide bonds. The van der Waals surface area contributed by atoms with Crippen LogP contribution >= 0.6 is 0 Å². The number of benzene rings is 2. The lowest BCUT2D eigenvalue weighted by Crippen LogP contribution is -2.12. The van der Waals surface area contributed by atoms with Gasteiger partial charge in [-0.05, 0) is 30.3 Å². The van der Waals surface area contributed by atoms with E-state index in [0.29, 0.717) is 39.7 Å². The number of methoxy groups -OCH3 is 2. The maximum absolute atomic E-state index is 12.7. The monoisotopic (exact) mass is 375 g/mol. The van der Waals surface area contributed by atoms with Gasteiger partial charge in [0.2, 0.25) is 5.89 Å². The quantitative estimate of drug-likeness (QED) is 0.564. The molecule has 28 heavy (non-hydrogen) atoms. The first-order chi connectivity index (χ1) is 13.7. The third kappa shape index (κ3) is 3.50. The topological polar surface area (TPSA) is 86.5 Å². The van der Waals surface area contributed by atoms with Crippen molar-refractivity contribution >= 4 is 22.7 Å². The van der Waals surface area contributed by atoms with E-state index in [0.717, 1.165) is 5.56 Å². The van der Waals surface area contributed by atoms with Gasteiger partial charge in [0.25, 0.3) is 5.91 Å². The fourth-order valence-electron chi connectivity index (χ4n) is 2.78. The number of hydrogen-bond acceptors (Lipinski definition) is 6. The first kappa shape index (κ1) is 17.5. The van der Waals surface area contributed by atoms with Gasteiger partial charge in [0.05, 0.1) is 20.4 Å². The minimum atomic E-state index is -0.281. The Kier molecular flexibility index (Phi) is 4.63.